The number of benzene rings is 2. The number of amides is 1. The highest BCUT2D eigenvalue weighted by Crippen LogP contribution is 2.38. The molecule has 4 nitrogen and oxygen atoms in total. The van der Waals surface area contributed by atoms with Gasteiger partial charge < -0.3 is 10.2 Å². The number of rotatable bonds is 4. The minimum absolute atomic E-state index is 0.000525. The third-order valence-corrected chi connectivity index (χ3v) is 5.50. The number of aromatic nitrogens is 1. The third kappa shape index (κ3) is 5.16. The van der Waals surface area contributed by atoms with E-state index in [1.165, 1.54) is 6.92 Å². The molecule has 1 heterocycles. The molecule has 164 valence electrons. The zero-order chi connectivity index (χ0) is 23.0. The van der Waals surface area contributed by atoms with Crippen molar-refractivity contribution < 1.29 is 31.1 Å². The number of nitrogens with zero attached hydrogens (tertiary/aromatic N) is 2. The maximum absolute atomic E-state index is 13.0. The second kappa shape index (κ2) is 8.22. The van der Waals surface area contributed by atoms with E-state index in [9.17, 15) is 31.1 Å². The number of halogens is 6. The predicted octanol–water partition coefficient (Wildman–Crippen LogP) is 6.51. The van der Waals surface area contributed by atoms with Crippen molar-refractivity contribution in [2.45, 2.75) is 19.3 Å². The van der Waals surface area contributed by atoms with Crippen LogP contribution in [0.15, 0.2) is 48.5 Å². The molecule has 1 amide bonds. The molecule has 0 spiro atoms. The van der Waals surface area contributed by atoms with Gasteiger partial charge in [-0.2, -0.15) is 26.3 Å². The van der Waals surface area contributed by atoms with Crippen molar-refractivity contribution in [3.63, 3.8) is 0 Å². The standard InChI is InChI=1S/C20H15F6N3OS/c1-11-16(31-18(27-11)29(2)15-6-4-3-5-7-15)17(30)28-14-9-12(19(21,22)23)8-13(10-14)20(24,25)26/h3-10H,1-2H3,(H,28,30). The second-order valence-electron chi connectivity index (χ2n) is 6.55. The third-order valence-electron chi connectivity index (χ3n) is 4.27. The zero-order valence-electron chi connectivity index (χ0n) is 16.1. The van der Waals surface area contributed by atoms with E-state index in [-0.39, 0.29) is 10.9 Å². The molecule has 3 aromatic rings. The molecule has 0 saturated carbocycles. The molecule has 11 heteroatoms. The Labute approximate surface area is 177 Å². The van der Waals surface area contributed by atoms with Gasteiger partial charge in [0.1, 0.15) is 4.88 Å². The van der Waals surface area contributed by atoms with Crippen molar-refractivity contribution in [2.24, 2.45) is 0 Å². The van der Waals surface area contributed by atoms with Crippen LogP contribution in [0.2, 0.25) is 0 Å². The Kier molecular flexibility index (Phi) is 5.99. The summed E-state index contributed by atoms with van der Waals surface area (Å²) in [6.07, 6.45) is -10.0. The number of alkyl halides is 6. The van der Waals surface area contributed by atoms with Gasteiger partial charge in [-0.3, -0.25) is 4.79 Å². The topological polar surface area (TPSA) is 45.2 Å². The fourth-order valence-electron chi connectivity index (χ4n) is 2.71. The SMILES string of the molecule is Cc1nc(N(C)c2ccccc2)sc1C(=O)Nc1cc(C(F)(F)F)cc(C(F)(F)F)c1. The van der Waals surface area contributed by atoms with Gasteiger partial charge in [0.2, 0.25) is 0 Å². The number of thiazole rings is 1. The lowest BCUT2D eigenvalue weighted by Gasteiger charge is -2.15. The molecule has 0 radical (unpaired) electrons. The van der Waals surface area contributed by atoms with Crippen molar-refractivity contribution in [3.05, 3.63) is 70.2 Å². The molecule has 0 unspecified atom stereocenters. The van der Waals surface area contributed by atoms with Gasteiger partial charge in [0.15, 0.2) is 5.13 Å². The molecule has 2 aromatic carbocycles. The van der Waals surface area contributed by atoms with Crippen molar-refractivity contribution in [1.82, 2.24) is 4.98 Å². The Hall–Kier alpha value is -3.08. The van der Waals surface area contributed by atoms with Gasteiger partial charge in [0.05, 0.1) is 16.8 Å². The molecule has 0 bridgehead atoms. The van der Waals surface area contributed by atoms with E-state index < -0.39 is 35.1 Å². The van der Waals surface area contributed by atoms with Gasteiger partial charge >= 0.3 is 12.4 Å². The van der Waals surface area contributed by atoms with Crippen LogP contribution in [0.25, 0.3) is 0 Å². The molecular formula is C20H15F6N3OS. The first-order chi connectivity index (χ1) is 14.4. The van der Waals surface area contributed by atoms with Crippen LogP contribution in [-0.4, -0.2) is 17.9 Å². The van der Waals surface area contributed by atoms with Gasteiger partial charge in [0.25, 0.3) is 5.91 Å². The van der Waals surface area contributed by atoms with Crippen LogP contribution < -0.4 is 10.2 Å². The van der Waals surface area contributed by atoms with E-state index in [1.807, 2.05) is 30.3 Å². The Balaban J connectivity index is 1.91. The van der Waals surface area contributed by atoms with E-state index in [0.717, 1.165) is 17.0 Å². The first-order valence-electron chi connectivity index (χ1n) is 8.73. The lowest BCUT2D eigenvalue weighted by atomic mass is 10.1. The summed E-state index contributed by atoms with van der Waals surface area (Å²) in [6, 6.07) is 10.0. The molecule has 0 aliphatic carbocycles. The Morgan fingerprint density at radius 1 is 0.968 bits per heavy atom. The zero-order valence-corrected chi connectivity index (χ0v) is 16.9. The molecule has 0 saturated heterocycles. The second-order valence-corrected chi connectivity index (χ2v) is 7.53. The van der Waals surface area contributed by atoms with E-state index in [2.05, 4.69) is 10.3 Å². The van der Waals surface area contributed by atoms with E-state index in [1.54, 1.807) is 11.9 Å². The highest BCUT2D eigenvalue weighted by molar-refractivity contribution is 7.17. The molecule has 0 aliphatic rings. The summed E-state index contributed by atoms with van der Waals surface area (Å²) in [5.74, 6) is -0.852. The van der Waals surface area contributed by atoms with Gasteiger partial charge in [-0.15, -0.1) is 0 Å². The van der Waals surface area contributed by atoms with Crippen molar-refractivity contribution in [1.29, 1.82) is 0 Å². The molecule has 3 rings (SSSR count). The minimum Gasteiger partial charge on any atom is -0.321 e. The summed E-state index contributed by atoms with van der Waals surface area (Å²) >= 11 is 0.968. The average Bonchev–Trinajstić information content (AvgIpc) is 3.08. The first kappa shape index (κ1) is 22.6. The van der Waals surface area contributed by atoms with Crippen LogP contribution in [0.1, 0.15) is 26.5 Å². The number of hydrogen-bond acceptors (Lipinski definition) is 4. The lowest BCUT2D eigenvalue weighted by Crippen LogP contribution is -2.15. The number of aryl methyl sites for hydroxylation is 1. The number of carbonyl (C=O) groups excluding carboxylic acids is 1. The minimum atomic E-state index is -5.01. The van der Waals surface area contributed by atoms with Crippen LogP contribution in [0, 0.1) is 6.92 Å². The monoisotopic (exact) mass is 459 g/mol. The summed E-state index contributed by atoms with van der Waals surface area (Å²) in [4.78, 5) is 18.7. The molecule has 1 N–H and O–H groups in total. The lowest BCUT2D eigenvalue weighted by molar-refractivity contribution is -0.143. The first-order valence-corrected chi connectivity index (χ1v) is 9.55. The Bertz CT molecular complexity index is 1060. The highest BCUT2D eigenvalue weighted by Gasteiger charge is 2.37. The van der Waals surface area contributed by atoms with Crippen LogP contribution >= 0.6 is 11.3 Å². The van der Waals surface area contributed by atoms with Gasteiger partial charge in [-0.1, -0.05) is 29.5 Å². The fourth-order valence-corrected chi connectivity index (χ4v) is 3.66. The molecule has 0 fully saturated rings. The van der Waals surface area contributed by atoms with E-state index in [4.69, 9.17) is 0 Å². The molecule has 0 aliphatic heterocycles. The van der Waals surface area contributed by atoms with E-state index in [0.29, 0.717) is 23.0 Å². The summed E-state index contributed by atoms with van der Waals surface area (Å²) < 4.78 is 78.1. The molecule has 31 heavy (non-hydrogen) atoms. The maximum Gasteiger partial charge on any atom is 0.416 e. The van der Waals surface area contributed by atoms with Crippen LogP contribution in [0.3, 0.4) is 0 Å². The van der Waals surface area contributed by atoms with Crippen LogP contribution in [0.5, 0.6) is 0 Å². The summed E-state index contributed by atoms with van der Waals surface area (Å²) in [6.45, 7) is 1.53. The maximum atomic E-state index is 13.0. The normalized spacial score (nSPS) is 12.0. The predicted molar refractivity (Wildman–Crippen MR) is 106 cm³/mol. The number of carbonyl (C=O) groups is 1. The Morgan fingerprint density at radius 2 is 1.52 bits per heavy atom. The number of para-hydroxylation sites is 1. The molecule has 0 atom stereocenters. The van der Waals surface area contributed by atoms with Crippen LogP contribution in [0.4, 0.5) is 42.8 Å². The Morgan fingerprint density at radius 3 is 2.03 bits per heavy atom. The number of anilines is 3. The quantitative estimate of drug-likeness (QED) is 0.453. The summed E-state index contributed by atoms with van der Waals surface area (Å²) in [5.41, 5.74) is -2.55. The molecular weight excluding hydrogens is 444 g/mol. The fraction of sp³-hybridized carbons (Fsp3) is 0.200. The van der Waals surface area contributed by atoms with Crippen molar-refractivity contribution in [3.8, 4) is 0 Å². The largest absolute Gasteiger partial charge is 0.416 e. The number of nitrogens with one attached hydrogen (secondary N) is 1. The van der Waals surface area contributed by atoms with Gasteiger partial charge in [-0.25, -0.2) is 4.98 Å². The average molecular weight is 459 g/mol. The highest BCUT2D eigenvalue weighted by atomic mass is 32.1. The summed E-state index contributed by atoms with van der Waals surface area (Å²) in [5, 5.41) is 2.57. The van der Waals surface area contributed by atoms with E-state index >= 15 is 0 Å². The van der Waals surface area contributed by atoms with Crippen molar-refractivity contribution >= 4 is 33.8 Å². The smallest absolute Gasteiger partial charge is 0.321 e. The van der Waals surface area contributed by atoms with Gasteiger partial charge in [0, 0.05) is 18.4 Å². The van der Waals surface area contributed by atoms with Gasteiger partial charge in [-0.05, 0) is 37.3 Å². The summed E-state index contributed by atoms with van der Waals surface area (Å²) in [7, 11) is 1.72. The van der Waals surface area contributed by atoms with Crippen molar-refractivity contribution in [2.75, 3.05) is 17.3 Å². The molecule has 1 aromatic heterocycles. The number of hydrogen-bond donors (Lipinski definition) is 1. The van der Waals surface area contributed by atoms with Crippen LogP contribution in [-0.2, 0) is 12.4 Å².